The van der Waals surface area contributed by atoms with Crippen molar-refractivity contribution in [3.63, 3.8) is 0 Å². The smallest absolute Gasteiger partial charge is 0.120 e. The maximum Gasteiger partial charge on any atom is 0.120 e. The van der Waals surface area contributed by atoms with E-state index in [1.807, 2.05) is 0 Å². The Hall–Kier alpha value is -1.28. The van der Waals surface area contributed by atoms with E-state index in [-0.39, 0.29) is 0 Å². The molecule has 2 rings (SSSR count). The van der Waals surface area contributed by atoms with Gasteiger partial charge in [0.25, 0.3) is 0 Å². The van der Waals surface area contributed by atoms with Gasteiger partial charge < -0.3 is 10.1 Å². The molecule has 1 aliphatic rings. The molecule has 1 heterocycles. The zero-order chi connectivity index (χ0) is 11.4. The van der Waals surface area contributed by atoms with Gasteiger partial charge in [-0.3, -0.25) is 0 Å². The summed E-state index contributed by atoms with van der Waals surface area (Å²) < 4.78 is 5.81. The number of aryl methyl sites for hydroxylation is 2. The van der Waals surface area contributed by atoms with E-state index in [9.17, 15) is 0 Å². The van der Waals surface area contributed by atoms with Crippen LogP contribution < -0.4 is 10.1 Å². The van der Waals surface area contributed by atoms with Gasteiger partial charge in [-0.15, -0.1) is 0 Å². The Kier molecular flexibility index (Phi) is 3.62. The second-order valence-electron chi connectivity index (χ2n) is 4.43. The molecule has 0 unspecified atom stereocenters. The van der Waals surface area contributed by atoms with Gasteiger partial charge in [-0.25, -0.2) is 0 Å². The summed E-state index contributed by atoms with van der Waals surface area (Å²) in [5.41, 5.74) is 3.92. The summed E-state index contributed by atoms with van der Waals surface area (Å²) >= 11 is 0. The minimum Gasteiger partial charge on any atom is -0.489 e. The minimum absolute atomic E-state index is 0.727. The SMILES string of the molecule is Cc1cc(C)cc(OCC2=CCNCC2)c1. The zero-order valence-corrected chi connectivity index (χ0v) is 10.0. The van der Waals surface area contributed by atoms with Crippen LogP contribution in [0.15, 0.2) is 29.8 Å². The molecule has 0 aromatic heterocycles. The van der Waals surface area contributed by atoms with Gasteiger partial charge in [0.1, 0.15) is 12.4 Å². The standard InChI is InChI=1S/C14H19NO/c1-11-7-12(2)9-14(8-11)16-10-13-3-5-15-6-4-13/h3,7-9,15H,4-6,10H2,1-2H3. The molecule has 0 saturated carbocycles. The van der Waals surface area contributed by atoms with Crippen LogP contribution in [0.2, 0.25) is 0 Å². The molecule has 2 nitrogen and oxygen atoms in total. The summed E-state index contributed by atoms with van der Waals surface area (Å²) in [6.45, 7) is 6.98. The molecule has 0 atom stereocenters. The molecule has 0 aliphatic carbocycles. The van der Waals surface area contributed by atoms with Crippen LogP contribution in [-0.2, 0) is 0 Å². The molecular weight excluding hydrogens is 198 g/mol. The van der Waals surface area contributed by atoms with E-state index in [1.54, 1.807) is 0 Å². The van der Waals surface area contributed by atoms with Crippen LogP contribution in [0.3, 0.4) is 0 Å². The summed E-state index contributed by atoms with van der Waals surface area (Å²) in [6, 6.07) is 6.35. The fourth-order valence-corrected chi connectivity index (χ4v) is 1.99. The molecule has 1 aromatic carbocycles. The Morgan fingerprint density at radius 3 is 2.56 bits per heavy atom. The lowest BCUT2D eigenvalue weighted by molar-refractivity contribution is 0.344. The van der Waals surface area contributed by atoms with E-state index in [0.717, 1.165) is 31.9 Å². The number of benzene rings is 1. The van der Waals surface area contributed by atoms with E-state index in [0.29, 0.717) is 0 Å². The molecule has 1 aromatic rings. The third-order valence-corrected chi connectivity index (χ3v) is 2.78. The molecule has 0 amide bonds. The highest BCUT2D eigenvalue weighted by Gasteiger charge is 2.04. The molecule has 1 N–H and O–H groups in total. The van der Waals surface area contributed by atoms with Crippen molar-refractivity contribution in [1.82, 2.24) is 5.32 Å². The fourth-order valence-electron chi connectivity index (χ4n) is 1.99. The average molecular weight is 217 g/mol. The zero-order valence-electron chi connectivity index (χ0n) is 10.0. The Morgan fingerprint density at radius 2 is 1.94 bits per heavy atom. The summed E-state index contributed by atoms with van der Waals surface area (Å²) in [4.78, 5) is 0. The average Bonchev–Trinajstić information content (AvgIpc) is 2.27. The summed E-state index contributed by atoms with van der Waals surface area (Å²) in [6.07, 6.45) is 3.33. The van der Waals surface area contributed by atoms with E-state index in [2.05, 4.69) is 43.4 Å². The second kappa shape index (κ2) is 5.17. The summed E-state index contributed by atoms with van der Waals surface area (Å²) in [5.74, 6) is 0.983. The largest absolute Gasteiger partial charge is 0.489 e. The van der Waals surface area contributed by atoms with Crippen molar-refractivity contribution in [2.45, 2.75) is 20.3 Å². The first kappa shape index (κ1) is 11.2. The van der Waals surface area contributed by atoms with E-state index in [4.69, 9.17) is 4.74 Å². The van der Waals surface area contributed by atoms with E-state index < -0.39 is 0 Å². The monoisotopic (exact) mass is 217 g/mol. The van der Waals surface area contributed by atoms with Gasteiger partial charge in [-0.1, -0.05) is 12.1 Å². The van der Waals surface area contributed by atoms with Crippen molar-refractivity contribution >= 4 is 0 Å². The quantitative estimate of drug-likeness (QED) is 0.786. The number of ether oxygens (including phenoxy) is 1. The highest BCUT2D eigenvalue weighted by molar-refractivity contribution is 5.33. The predicted molar refractivity (Wildman–Crippen MR) is 67.0 cm³/mol. The van der Waals surface area contributed by atoms with Gasteiger partial charge in [0.15, 0.2) is 0 Å². The molecule has 0 saturated heterocycles. The van der Waals surface area contributed by atoms with Crippen LogP contribution in [0.4, 0.5) is 0 Å². The Bertz CT molecular complexity index is 375. The number of hydrogen-bond donors (Lipinski definition) is 1. The van der Waals surface area contributed by atoms with Gasteiger partial charge in [0.05, 0.1) is 0 Å². The maximum atomic E-state index is 5.81. The molecule has 16 heavy (non-hydrogen) atoms. The fraction of sp³-hybridized carbons (Fsp3) is 0.429. The van der Waals surface area contributed by atoms with Gasteiger partial charge in [-0.2, -0.15) is 0 Å². The molecule has 0 bridgehead atoms. The first-order valence-electron chi connectivity index (χ1n) is 5.84. The first-order chi connectivity index (χ1) is 7.74. The van der Waals surface area contributed by atoms with Crippen molar-refractivity contribution < 1.29 is 4.74 Å². The van der Waals surface area contributed by atoms with Crippen molar-refractivity contribution in [3.8, 4) is 5.75 Å². The topological polar surface area (TPSA) is 21.3 Å². The summed E-state index contributed by atoms with van der Waals surface area (Å²) in [5, 5.41) is 3.30. The molecule has 2 heteroatoms. The highest BCUT2D eigenvalue weighted by Crippen LogP contribution is 2.17. The van der Waals surface area contributed by atoms with Crippen LogP contribution in [0.1, 0.15) is 17.5 Å². The van der Waals surface area contributed by atoms with Crippen LogP contribution in [-0.4, -0.2) is 19.7 Å². The normalized spacial score (nSPS) is 15.8. The maximum absolute atomic E-state index is 5.81. The highest BCUT2D eigenvalue weighted by atomic mass is 16.5. The third-order valence-electron chi connectivity index (χ3n) is 2.78. The second-order valence-corrected chi connectivity index (χ2v) is 4.43. The molecule has 86 valence electrons. The molecular formula is C14H19NO. The third kappa shape index (κ3) is 3.11. The lowest BCUT2D eigenvalue weighted by Gasteiger charge is -2.15. The van der Waals surface area contributed by atoms with E-state index in [1.165, 1.54) is 16.7 Å². The Labute approximate surface area is 97.3 Å². The molecule has 0 radical (unpaired) electrons. The number of nitrogens with one attached hydrogen (secondary N) is 1. The molecule has 0 spiro atoms. The van der Waals surface area contributed by atoms with Crippen LogP contribution >= 0.6 is 0 Å². The van der Waals surface area contributed by atoms with Gasteiger partial charge in [-0.05, 0) is 55.6 Å². The van der Waals surface area contributed by atoms with Crippen molar-refractivity contribution in [1.29, 1.82) is 0 Å². The van der Waals surface area contributed by atoms with E-state index >= 15 is 0 Å². The van der Waals surface area contributed by atoms with Crippen molar-refractivity contribution in [3.05, 3.63) is 41.0 Å². The predicted octanol–water partition coefficient (Wildman–Crippen LogP) is 2.60. The van der Waals surface area contributed by atoms with Crippen LogP contribution in [0.25, 0.3) is 0 Å². The number of hydrogen-bond acceptors (Lipinski definition) is 2. The van der Waals surface area contributed by atoms with Crippen LogP contribution in [0.5, 0.6) is 5.75 Å². The molecule has 1 aliphatic heterocycles. The summed E-state index contributed by atoms with van der Waals surface area (Å²) in [7, 11) is 0. The molecule has 0 fully saturated rings. The Morgan fingerprint density at radius 1 is 1.19 bits per heavy atom. The van der Waals surface area contributed by atoms with Crippen LogP contribution in [0, 0.1) is 13.8 Å². The van der Waals surface area contributed by atoms with Gasteiger partial charge in [0, 0.05) is 6.54 Å². The van der Waals surface area contributed by atoms with Crippen molar-refractivity contribution in [2.75, 3.05) is 19.7 Å². The first-order valence-corrected chi connectivity index (χ1v) is 5.84. The lowest BCUT2D eigenvalue weighted by atomic mass is 10.1. The van der Waals surface area contributed by atoms with Crippen molar-refractivity contribution in [2.24, 2.45) is 0 Å². The van der Waals surface area contributed by atoms with Gasteiger partial charge >= 0.3 is 0 Å². The minimum atomic E-state index is 0.727. The van der Waals surface area contributed by atoms with Gasteiger partial charge in [0.2, 0.25) is 0 Å². The Balaban J connectivity index is 1.96. The number of rotatable bonds is 3. The lowest BCUT2D eigenvalue weighted by Crippen LogP contribution is -2.22.